The zero-order valence-electron chi connectivity index (χ0n) is 16.0. The summed E-state index contributed by atoms with van der Waals surface area (Å²) < 4.78 is 10.7. The molecule has 0 saturated carbocycles. The number of methoxy groups -OCH3 is 2. The van der Waals surface area contributed by atoms with Gasteiger partial charge in [0.05, 0.1) is 20.3 Å². The van der Waals surface area contributed by atoms with Crippen LogP contribution in [0.15, 0.2) is 42.5 Å². The molecule has 0 amide bonds. The van der Waals surface area contributed by atoms with E-state index in [4.69, 9.17) is 9.47 Å². The molecule has 3 aromatic rings. The van der Waals surface area contributed by atoms with Crippen LogP contribution in [-0.2, 0) is 6.42 Å². The first-order valence-corrected chi connectivity index (χ1v) is 9.36. The average Bonchev–Trinajstić information content (AvgIpc) is 3.09. The Bertz CT molecular complexity index is 950. The molecule has 0 radical (unpaired) electrons. The van der Waals surface area contributed by atoms with Crippen molar-refractivity contribution in [3.8, 4) is 11.5 Å². The van der Waals surface area contributed by atoms with Crippen LogP contribution in [0.1, 0.15) is 35.9 Å². The summed E-state index contributed by atoms with van der Waals surface area (Å²) in [6.45, 7) is 3.65. The van der Waals surface area contributed by atoms with Crippen molar-refractivity contribution in [1.82, 2.24) is 9.88 Å². The third kappa shape index (κ3) is 3.17. The van der Waals surface area contributed by atoms with E-state index < -0.39 is 6.10 Å². The lowest BCUT2D eigenvalue weighted by atomic mass is 9.97. The largest absolute Gasteiger partial charge is 0.497 e. The number of H-pyrrole nitrogens is 1. The molecular weight excluding hydrogens is 340 g/mol. The predicted molar refractivity (Wildman–Crippen MR) is 106 cm³/mol. The van der Waals surface area contributed by atoms with Gasteiger partial charge in [-0.1, -0.05) is 18.2 Å². The number of para-hydroxylation sites is 1. The van der Waals surface area contributed by atoms with E-state index in [1.807, 2.05) is 18.2 Å². The summed E-state index contributed by atoms with van der Waals surface area (Å²) in [6.07, 6.45) is 0.328. The van der Waals surface area contributed by atoms with E-state index in [2.05, 4.69) is 41.1 Å². The molecule has 0 bridgehead atoms. The maximum Gasteiger partial charge on any atom is 0.124 e. The summed E-state index contributed by atoms with van der Waals surface area (Å²) in [4.78, 5) is 5.90. The molecule has 5 heteroatoms. The maximum absolute atomic E-state index is 10.9. The van der Waals surface area contributed by atoms with E-state index in [1.54, 1.807) is 14.2 Å². The molecule has 1 aliphatic heterocycles. The number of hydrogen-bond acceptors (Lipinski definition) is 4. The van der Waals surface area contributed by atoms with Crippen molar-refractivity contribution in [3.63, 3.8) is 0 Å². The number of aromatic nitrogens is 1. The third-order valence-electron chi connectivity index (χ3n) is 5.66. The van der Waals surface area contributed by atoms with Gasteiger partial charge in [0.1, 0.15) is 11.5 Å². The molecule has 2 N–H and O–H groups in total. The normalized spacial score (nSPS) is 18.3. The number of nitrogens with zero attached hydrogens (tertiary/aromatic N) is 1. The molecule has 1 aromatic heterocycles. The van der Waals surface area contributed by atoms with Gasteiger partial charge in [0, 0.05) is 41.3 Å². The van der Waals surface area contributed by atoms with Crippen molar-refractivity contribution >= 4 is 10.9 Å². The van der Waals surface area contributed by atoms with Crippen molar-refractivity contribution in [2.24, 2.45) is 0 Å². The number of ether oxygens (including phenoxy) is 2. The van der Waals surface area contributed by atoms with Crippen LogP contribution in [0.3, 0.4) is 0 Å². The fourth-order valence-electron chi connectivity index (χ4n) is 4.15. The Morgan fingerprint density at radius 3 is 2.78 bits per heavy atom. The van der Waals surface area contributed by atoms with E-state index in [0.29, 0.717) is 12.3 Å². The molecule has 4 rings (SSSR count). The second kappa shape index (κ2) is 7.25. The second-order valence-corrected chi connectivity index (χ2v) is 7.11. The summed E-state index contributed by atoms with van der Waals surface area (Å²) in [5.74, 6) is 1.40. The van der Waals surface area contributed by atoms with Crippen molar-refractivity contribution < 1.29 is 14.6 Å². The van der Waals surface area contributed by atoms with Crippen molar-refractivity contribution in [1.29, 1.82) is 0 Å². The van der Waals surface area contributed by atoms with Crippen molar-refractivity contribution in [2.75, 3.05) is 27.3 Å². The summed E-state index contributed by atoms with van der Waals surface area (Å²) in [5.41, 5.74) is 4.60. The highest BCUT2D eigenvalue weighted by atomic mass is 16.5. The van der Waals surface area contributed by atoms with Crippen LogP contribution in [0.4, 0.5) is 0 Å². The van der Waals surface area contributed by atoms with Crippen LogP contribution in [0.2, 0.25) is 0 Å². The summed E-state index contributed by atoms with van der Waals surface area (Å²) in [6, 6.07) is 14.2. The van der Waals surface area contributed by atoms with Crippen LogP contribution in [0.5, 0.6) is 11.5 Å². The lowest BCUT2D eigenvalue weighted by Gasteiger charge is -2.35. The highest BCUT2D eigenvalue weighted by Crippen LogP contribution is 2.36. The molecule has 142 valence electrons. The average molecular weight is 366 g/mol. The van der Waals surface area contributed by atoms with E-state index in [1.165, 1.54) is 22.2 Å². The number of nitrogens with one attached hydrogen (secondary N) is 1. The highest BCUT2D eigenvalue weighted by molar-refractivity contribution is 5.85. The molecule has 5 nitrogen and oxygen atoms in total. The van der Waals surface area contributed by atoms with Crippen LogP contribution in [0, 0.1) is 0 Å². The lowest BCUT2D eigenvalue weighted by Crippen LogP contribution is -2.37. The van der Waals surface area contributed by atoms with Gasteiger partial charge in [-0.05, 0) is 43.2 Å². The number of benzene rings is 2. The van der Waals surface area contributed by atoms with E-state index >= 15 is 0 Å². The van der Waals surface area contributed by atoms with Gasteiger partial charge in [-0.15, -0.1) is 0 Å². The smallest absolute Gasteiger partial charge is 0.124 e. The molecule has 0 saturated heterocycles. The molecule has 2 heterocycles. The molecule has 2 atom stereocenters. The quantitative estimate of drug-likeness (QED) is 0.720. The van der Waals surface area contributed by atoms with Crippen LogP contribution in [-0.4, -0.2) is 42.3 Å². The number of β-amino-alcohol motifs (C(OH)–C–C–N with tert-alkyl or cyclic N) is 1. The first kappa shape index (κ1) is 17.9. The lowest BCUT2D eigenvalue weighted by molar-refractivity contribution is 0.0837. The molecule has 0 fully saturated rings. The van der Waals surface area contributed by atoms with E-state index in [0.717, 1.165) is 24.3 Å². The van der Waals surface area contributed by atoms with Gasteiger partial charge in [-0.3, -0.25) is 4.90 Å². The summed E-state index contributed by atoms with van der Waals surface area (Å²) in [5, 5.41) is 12.2. The standard InChI is InChI=1S/C22H26N2O3/c1-14-22-17(16-6-4-5-7-19(16)23-22)10-11-24(14)13-20(25)18-12-15(26-2)8-9-21(18)27-3/h4-9,12,14,20,23,25H,10-11,13H2,1-3H3/t14-,20-/m1/s1. The number of aromatic amines is 1. The Hall–Kier alpha value is -2.50. The molecule has 2 aromatic carbocycles. The van der Waals surface area contributed by atoms with Crippen LogP contribution >= 0.6 is 0 Å². The number of aliphatic hydroxyl groups is 1. The first-order valence-electron chi connectivity index (χ1n) is 9.36. The Balaban J connectivity index is 1.58. The Morgan fingerprint density at radius 1 is 1.19 bits per heavy atom. The Kier molecular flexibility index (Phi) is 4.81. The van der Waals surface area contributed by atoms with Gasteiger partial charge >= 0.3 is 0 Å². The van der Waals surface area contributed by atoms with Gasteiger partial charge in [0.2, 0.25) is 0 Å². The van der Waals surface area contributed by atoms with E-state index in [9.17, 15) is 5.11 Å². The van der Waals surface area contributed by atoms with Gasteiger partial charge in [0.15, 0.2) is 0 Å². The molecule has 0 spiro atoms. The van der Waals surface area contributed by atoms with Gasteiger partial charge in [0.25, 0.3) is 0 Å². The Labute approximate surface area is 159 Å². The fraction of sp³-hybridized carbons (Fsp3) is 0.364. The monoisotopic (exact) mass is 366 g/mol. The molecule has 0 unspecified atom stereocenters. The fourth-order valence-corrected chi connectivity index (χ4v) is 4.15. The maximum atomic E-state index is 10.9. The molecule has 27 heavy (non-hydrogen) atoms. The zero-order chi connectivity index (χ0) is 19.0. The summed E-state index contributed by atoms with van der Waals surface area (Å²) in [7, 11) is 3.25. The van der Waals surface area contributed by atoms with E-state index in [-0.39, 0.29) is 6.04 Å². The van der Waals surface area contributed by atoms with Crippen LogP contribution in [0.25, 0.3) is 10.9 Å². The zero-order valence-corrected chi connectivity index (χ0v) is 16.0. The third-order valence-corrected chi connectivity index (χ3v) is 5.66. The predicted octanol–water partition coefficient (Wildman–Crippen LogP) is 3.84. The molecular formula is C22H26N2O3. The highest BCUT2D eigenvalue weighted by Gasteiger charge is 2.29. The van der Waals surface area contributed by atoms with Crippen molar-refractivity contribution in [2.45, 2.75) is 25.5 Å². The number of fused-ring (bicyclic) bond motifs is 3. The topological polar surface area (TPSA) is 57.7 Å². The Morgan fingerprint density at radius 2 is 2.00 bits per heavy atom. The summed E-state index contributed by atoms with van der Waals surface area (Å²) >= 11 is 0. The number of rotatable bonds is 5. The number of hydrogen-bond donors (Lipinski definition) is 2. The van der Waals surface area contributed by atoms with Crippen molar-refractivity contribution in [3.05, 3.63) is 59.3 Å². The minimum absolute atomic E-state index is 0.215. The minimum atomic E-state index is -0.650. The van der Waals surface area contributed by atoms with Crippen LogP contribution < -0.4 is 9.47 Å². The second-order valence-electron chi connectivity index (χ2n) is 7.11. The van der Waals surface area contributed by atoms with Gasteiger partial charge in [-0.2, -0.15) is 0 Å². The molecule has 0 aliphatic carbocycles. The van der Waals surface area contributed by atoms with Gasteiger partial charge < -0.3 is 19.6 Å². The SMILES string of the molecule is COc1ccc(OC)c([C@H](O)CN2CCc3c([nH]c4ccccc34)[C@H]2C)c1. The molecule has 1 aliphatic rings. The first-order chi connectivity index (χ1) is 13.1. The van der Waals surface area contributed by atoms with Gasteiger partial charge in [-0.25, -0.2) is 0 Å². The minimum Gasteiger partial charge on any atom is -0.497 e. The number of aliphatic hydroxyl groups excluding tert-OH is 1.